The number of alkyl carbamates (subject to hydrolysis) is 1. The van der Waals surface area contributed by atoms with Crippen LogP contribution >= 0.6 is 0 Å². The predicted molar refractivity (Wildman–Crippen MR) is 126 cm³/mol. The number of hydrogen-bond donors (Lipinski definition) is 1. The summed E-state index contributed by atoms with van der Waals surface area (Å²) in [5, 5.41) is 2.85. The van der Waals surface area contributed by atoms with E-state index in [4.69, 9.17) is 14.2 Å². The van der Waals surface area contributed by atoms with E-state index in [0.29, 0.717) is 18.6 Å². The van der Waals surface area contributed by atoms with Crippen molar-refractivity contribution in [2.45, 2.75) is 52.7 Å². The molecule has 1 amide bonds. The molecular formula is C26H33NO5. The minimum atomic E-state index is -0.620. The van der Waals surface area contributed by atoms with E-state index in [1.54, 1.807) is 47.8 Å². The maximum absolute atomic E-state index is 12.4. The molecule has 2 rings (SSSR count). The van der Waals surface area contributed by atoms with Gasteiger partial charge in [0.25, 0.3) is 0 Å². The third kappa shape index (κ3) is 7.76. The Bertz CT molecular complexity index is 941. The summed E-state index contributed by atoms with van der Waals surface area (Å²) >= 11 is 0. The monoisotopic (exact) mass is 439 g/mol. The number of hydrogen-bond acceptors (Lipinski definition) is 5. The van der Waals surface area contributed by atoms with Crippen molar-refractivity contribution in [1.29, 1.82) is 0 Å². The van der Waals surface area contributed by atoms with E-state index >= 15 is 0 Å². The van der Waals surface area contributed by atoms with Gasteiger partial charge in [0.15, 0.2) is 0 Å². The number of rotatable bonds is 8. The van der Waals surface area contributed by atoms with Gasteiger partial charge in [-0.15, -0.1) is 0 Å². The third-order valence-electron chi connectivity index (χ3n) is 4.58. The fourth-order valence-electron chi connectivity index (χ4n) is 3.18. The molecule has 0 unspecified atom stereocenters. The normalized spacial score (nSPS) is 12.6. The van der Waals surface area contributed by atoms with Gasteiger partial charge < -0.3 is 19.5 Å². The molecule has 0 saturated heterocycles. The zero-order chi connectivity index (χ0) is 23.7. The second-order valence-corrected chi connectivity index (χ2v) is 8.42. The van der Waals surface area contributed by atoms with Crippen LogP contribution in [0, 0.1) is 0 Å². The van der Waals surface area contributed by atoms with Crippen LogP contribution in [0.5, 0.6) is 5.75 Å². The molecule has 2 aromatic rings. The number of methoxy groups -OCH3 is 1. The number of carbonyl (C=O) groups excluding carboxylic acids is 2. The summed E-state index contributed by atoms with van der Waals surface area (Å²) in [6.45, 7) is 9.13. The van der Waals surface area contributed by atoms with Crippen molar-refractivity contribution in [3.05, 3.63) is 65.7 Å². The largest absolute Gasteiger partial charge is 0.496 e. The number of amides is 1. The molecule has 0 bridgehead atoms. The summed E-state index contributed by atoms with van der Waals surface area (Å²) in [4.78, 5) is 24.4. The summed E-state index contributed by atoms with van der Waals surface area (Å²) in [5.41, 5.74) is 2.84. The Morgan fingerprint density at radius 3 is 2.31 bits per heavy atom. The van der Waals surface area contributed by atoms with E-state index in [9.17, 15) is 9.59 Å². The number of ether oxygens (including phenoxy) is 3. The molecule has 172 valence electrons. The van der Waals surface area contributed by atoms with Crippen LogP contribution in [0.25, 0.3) is 11.1 Å². The third-order valence-corrected chi connectivity index (χ3v) is 4.58. The van der Waals surface area contributed by atoms with E-state index in [2.05, 4.69) is 5.32 Å². The average Bonchev–Trinajstić information content (AvgIpc) is 2.73. The van der Waals surface area contributed by atoms with Crippen LogP contribution < -0.4 is 10.1 Å². The molecule has 32 heavy (non-hydrogen) atoms. The molecule has 0 saturated carbocycles. The highest BCUT2D eigenvalue weighted by atomic mass is 16.6. The lowest BCUT2D eigenvalue weighted by Crippen LogP contribution is -2.39. The minimum absolute atomic E-state index is 0.290. The van der Waals surface area contributed by atoms with E-state index in [1.807, 2.05) is 48.5 Å². The molecular weight excluding hydrogens is 406 g/mol. The smallest absolute Gasteiger partial charge is 0.408 e. The molecule has 0 radical (unpaired) electrons. The summed E-state index contributed by atoms with van der Waals surface area (Å²) < 4.78 is 15.9. The van der Waals surface area contributed by atoms with Gasteiger partial charge in [0.05, 0.1) is 19.8 Å². The van der Waals surface area contributed by atoms with Crippen molar-refractivity contribution < 1.29 is 23.8 Å². The molecule has 0 aromatic heterocycles. The molecule has 0 heterocycles. The molecule has 0 aliphatic rings. The van der Waals surface area contributed by atoms with E-state index in [-0.39, 0.29) is 0 Å². The van der Waals surface area contributed by atoms with Gasteiger partial charge >= 0.3 is 12.1 Å². The second-order valence-electron chi connectivity index (χ2n) is 8.42. The van der Waals surface area contributed by atoms with Crippen LogP contribution in [0.15, 0.2) is 60.2 Å². The molecule has 6 nitrogen and oxygen atoms in total. The summed E-state index contributed by atoms with van der Waals surface area (Å²) in [5.74, 6) is 0.396. The fourth-order valence-corrected chi connectivity index (χ4v) is 3.18. The number of nitrogens with one attached hydrogen (secondary N) is 1. The van der Waals surface area contributed by atoms with E-state index < -0.39 is 23.7 Å². The fraction of sp³-hybridized carbons (Fsp3) is 0.385. The molecule has 2 aromatic carbocycles. The maximum atomic E-state index is 12.4. The maximum Gasteiger partial charge on any atom is 0.408 e. The SMILES string of the molecule is CCOC(=O)C(C)=C[C@@H](Cc1ccc(-c2ccccc2OC)cc1)NC(=O)OC(C)(C)C. The van der Waals surface area contributed by atoms with Gasteiger partial charge in [-0.25, -0.2) is 9.59 Å². The number of benzene rings is 2. The Morgan fingerprint density at radius 2 is 1.72 bits per heavy atom. The van der Waals surface area contributed by atoms with Gasteiger partial charge in [-0.05, 0) is 58.2 Å². The molecule has 1 N–H and O–H groups in total. The Hall–Kier alpha value is -3.28. The predicted octanol–water partition coefficient (Wildman–Crippen LogP) is 5.31. The molecule has 6 heteroatoms. The van der Waals surface area contributed by atoms with Crippen LogP contribution in [0.1, 0.15) is 40.2 Å². The Kier molecular flexibility index (Phi) is 8.88. The van der Waals surface area contributed by atoms with Crippen molar-refractivity contribution in [2.24, 2.45) is 0 Å². The van der Waals surface area contributed by atoms with Crippen molar-refractivity contribution in [2.75, 3.05) is 13.7 Å². The van der Waals surface area contributed by atoms with E-state index in [0.717, 1.165) is 22.4 Å². The van der Waals surface area contributed by atoms with Gasteiger partial charge in [0, 0.05) is 11.1 Å². The summed E-state index contributed by atoms with van der Waals surface area (Å²) in [6, 6.07) is 15.4. The second kappa shape index (κ2) is 11.4. The molecule has 1 atom stereocenters. The van der Waals surface area contributed by atoms with Crippen molar-refractivity contribution in [3.8, 4) is 16.9 Å². The number of carbonyl (C=O) groups is 2. The van der Waals surface area contributed by atoms with Gasteiger partial charge in [-0.1, -0.05) is 48.5 Å². The average molecular weight is 440 g/mol. The first-order chi connectivity index (χ1) is 15.1. The first-order valence-electron chi connectivity index (χ1n) is 10.7. The quantitative estimate of drug-likeness (QED) is 0.446. The topological polar surface area (TPSA) is 73.9 Å². The van der Waals surface area contributed by atoms with Gasteiger partial charge in [-0.2, -0.15) is 0 Å². The lowest BCUT2D eigenvalue weighted by molar-refractivity contribution is -0.138. The van der Waals surface area contributed by atoms with Gasteiger partial charge in [0.1, 0.15) is 11.4 Å². The van der Waals surface area contributed by atoms with Crippen molar-refractivity contribution in [1.82, 2.24) is 5.32 Å². The number of esters is 1. The van der Waals surface area contributed by atoms with E-state index in [1.165, 1.54) is 0 Å². The zero-order valence-corrected chi connectivity index (χ0v) is 19.7. The first-order valence-corrected chi connectivity index (χ1v) is 10.7. The van der Waals surface area contributed by atoms with Crippen LogP contribution in [-0.4, -0.2) is 37.4 Å². The lowest BCUT2D eigenvalue weighted by Gasteiger charge is -2.23. The molecule has 0 aliphatic carbocycles. The first kappa shape index (κ1) is 25.0. The highest BCUT2D eigenvalue weighted by molar-refractivity contribution is 5.88. The van der Waals surface area contributed by atoms with Crippen LogP contribution in [0.3, 0.4) is 0 Å². The van der Waals surface area contributed by atoms with Gasteiger partial charge in [-0.3, -0.25) is 0 Å². The Balaban J connectivity index is 2.23. The summed E-state index contributed by atoms with van der Waals surface area (Å²) in [6.07, 6.45) is 1.65. The highest BCUT2D eigenvalue weighted by Gasteiger charge is 2.20. The molecule has 0 fully saturated rings. The van der Waals surface area contributed by atoms with Crippen LogP contribution in [0.4, 0.5) is 4.79 Å². The Labute approximate surface area is 190 Å². The highest BCUT2D eigenvalue weighted by Crippen LogP contribution is 2.29. The van der Waals surface area contributed by atoms with Crippen molar-refractivity contribution >= 4 is 12.1 Å². The summed E-state index contributed by atoms with van der Waals surface area (Å²) in [7, 11) is 1.65. The van der Waals surface area contributed by atoms with Crippen LogP contribution in [-0.2, 0) is 20.7 Å². The minimum Gasteiger partial charge on any atom is -0.496 e. The van der Waals surface area contributed by atoms with Crippen molar-refractivity contribution in [3.63, 3.8) is 0 Å². The van der Waals surface area contributed by atoms with Crippen LogP contribution in [0.2, 0.25) is 0 Å². The zero-order valence-electron chi connectivity index (χ0n) is 19.7. The van der Waals surface area contributed by atoms with Gasteiger partial charge in [0.2, 0.25) is 0 Å². The molecule has 0 spiro atoms. The molecule has 0 aliphatic heterocycles. The lowest BCUT2D eigenvalue weighted by atomic mass is 9.99. The standard InChI is InChI=1S/C26H33NO5/c1-7-31-24(28)18(2)16-21(27-25(29)32-26(3,4)5)17-19-12-14-20(15-13-19)22-10-8-9-11-23(22)30-6/h8-16,21H,7,17H2,1-6H3,(H,27,29)/t21-/m0/s1. The Morgan fingerprint density at radius 1 is 1.06 bits per heavy atom. The number of para-hydroxylation sites is 1.